The number of benzene rings is 1. The van der Waals surface area contributed by atoms with E-state index < -0.39 is 0 Å². The summed E-state index contributed by atoms with van der Waals surface area (Å²) in [7, 11) is 1.61. The maximum atomic E-state index is 6.03. The van der Waals surface area contributed by atoms with Gasteiger partial charge in [0.05, 0.1) is 29.5 Å². The van der Waals surface area contributed by atoms with Gasteiger partial charge in [-0.1, -0.05) is 11.6 Å². The minimum absolute atomic E-state index is 0.479. The molecule has 2 aromatic rings. The molecule has 0 unspecified atom stereocenters. The first-order valence-corrected chi connectivity index (χ1v) is 4.48. The molecular weight excluding hydrogens is 200 g/mol. The van der Waals surface area contributed by atoms with Crippen molar-refractivity contribution >= 4 is 28.2 Å². The Bertz CT molecular complexity index is 485. The zero-order valence-electron chi connectivity index (χ0n) is 7.62. The number of fused-ring (bicyclic) bond motifs is 1. The summed E-state index contributed by atoms with van der Waals surface area (Å²) in [5.41, 5.74) is 6.93. The fourth-order valence-corrected chi connectivity index (χ4v) is 1.48. The molecule has 0 fully saturated rings. The Balaban J connectivity index is 2.78. The van der Waals surface area contributed by atoms with Crippen molar-refractivity contribution in [1.29, 1.82) is 0 Å². The summed E-state index contributed by atoms with van der Waals surface area (Å²) in [6, 6.07) is 5.50. The molecule has 2 N–H and O–H groups in total. The molecule has 0 amide bonds. The van der Waals surface area contributed by atoms with Gasteiger partial charge in [-0.25, -0.2) is 0 Å². The molecule has 0 spiro atoms. The molecule has 1 aromatic heterocycles. The van der Waals surface area contributed by atoms with E-state index in [1.165, 1.54) is 0 Å². The van der Waals surface area contributed by atoms with Gasteiger partial charge in [0.15, 0.2) is 0 Å². The van der Waals surface area contributed by atoms with Crippen molar-refractivity contribution in [3.8, 4) is 5.75 Å². The highest BCUT2D eigenvalue weighted by molar-refractivity contribution is 6.37. The summed E-state index contributed by atoms with van der Waals surface area (Å²) >= 11 is 6.03. The Morgan fingerprint density at radius 2 is 2.21 bits per heavy atom. The lowest BCUT2D eigenvalue weighted by molar-refractivity contribution is 0.415. The van der Waals surface area contributed by atoms with Crippen LogP contribution >= 0.6 is 11.6 Å². The van der Waals surface area contributed by atoms with Crippen molar-refractivity contribution < 1.29 is 4.74 Å². The van der Waals surface area contributed by atoms with E-state index in [-0.39, 0.29) is 0 Å². The van der Waals surface area contributed by atoms with E-state index >= 15 is 0 Å². The van der Waals surface area contributed by atoms with Gasteiger partial charge < -0.3 is 10.5 Å². The molecule has 0 saturated heterocycles. The van der Waals surface area contributed by atoms with Gasteiger partial charge in [0, 0.05) is 5.39 Å². The van der Waals surface area contributed by atoms with Crippen molar-refractivity contribution in [2.24, 2.45) is 0 Å². The first-order valence-electron chi connectivity index (χ1n) is 4.10. The Kier molecular flexibility index (Phi) is 2.17. The number of pyridine rings is 1. The fraction of sp³-hybridized carbons (Fsp3) is 0.100. The van der Waals surface area contributed by atoms with E-state index in [9.17, 15) is 0 Å². The molecule has 14 heavy (non-hydrogen) atoms. The lowest BCUT2D eigenvalue weighted by Crippen LogP contribution is -1.90. The molecule has 0 aliphatic heterocycles. The summed E-state index contributed by atoms with van der Waals surface area (Å²) in [6.45, 7) is 0. The molecule has 4 heteroatoms. The van der Waals surface area contributed by atoms with E-state index in [2.05, 4.69) is 4.98 Å². The second kappa shape index (κ2) is 3.35. The van der Waals surface area contributed by atoms with Gasteiger partial charge in [0.2, 0.25) is 0 Å². The second-order valence-corrected chi connectivity index (χ2v) is 3.29. The summed E-state index contributed by atoms with van der Waals surface area (Å²) in [4.78, 5) is 4.15. The number of aromatic nitrogens is 1. The number of anilines is 1. The average Bonchev–Trinajstić information content (AvgIpc) is 2.23. The van der Waals surface area contributed by atoms with Crippen molar-refractivity contribution in [3.63, 3.8) is 0 Å². The number of rotatable bonds is 1. The third-order valence-electron chi connectivity index (χ3n) is 2.04. The van der Waals surface area contributed by atoms with Gasteiger partial charge in [-0.05, 0) is 18.2 Å². The highest BCUT2D eigenvalue weighted by Crippen LogP contribution is 2.29. The predicted octanol–water partition coefficient (Wildman–Crippen LogP) is 2.48. The maximum absolute atomic E-state index is 6.03. The normalized spacial score (nSPS) is 10.4. The fourth-order valence-electron chi connectivity index (χ4n) is 1.28. The first-order chi connectivity index (χ1) is 6.72. The molecule has 0 aliphatic rings. The Hall–Kier alpha value is -1.48. The number of nitrogens with two attached hydrogens (primary N) is 1. The highest BCUT2D eigenvalue weighted by Gasteiger charge is 2.04. The Morgan fingerprint density at radius 1 is 1.43 bits per heavy atom. The van der Waals surface area contributed by atoms with Crippen LogP contribution in [-0.4, -0.2) is 12.1 Å². The van der Waals surface area contributed by atoms with Crippen molar-refractivity contribution in [2.75, 3.05) is 12.8 Å². The number of hydrogen-bond acceptors (Lipinski definition) is 3. The second-order valence-electron chi connectivity index (χ2n) is 2.91. The first kappa shape index (κ1) is 9.09. The largest absolute Gasteiger partial charge is 0.497 e. The predicted molar refractivity (Wildman–Crippen MR) is 57.7 cm³/mol. The van der Waals surface area contributed by atoms with Crippen LogP contribution in [0.1, 0.15) is 0 Å². The van der Waals surface area contributed by atoms with Gasteiger partial charge in [-0.3, -0.25) is 4.98 Å². The molecule has 72 valence electrons. The van der Waals surface area contributed by atoms with Crippen LogP contribution in [0.15, 0.2) is 24.4 Å². The van der Waals surface area contributed by atoms with Crippen LogP contribution in [0.2, 0.25) is 5.02 Å². The van der Waals surface area contributed by atoms with Gasteiger partial charge in [0.25, 0.3) is 0 Å². The minimum atomic E-state index is 0.479. The molecular formula is C10H9ClN2O. The van der Waals surface area contributed by atoms with Crippen molar-refractivity contribution in [1.82, 2.24) is 4.98 Å². The summed E-state index contributed by atoms with van der Waals surface area (Å²) < 4.78 is 5.09. The summed E-state index contributed by atoms with van der Waals surface area (Å²) in [5.74, 6) is 0.742. The van der Waals surface area contributed by atoms with Gasteiger partial charge >= 0.3 is 0 Å². The van der Waals surface area contributed by atoms with Gasteiger partial charge in [-0.15, -0.1) is 0 Å². The Morgan fingerprint density at radius 3 is 2.93 bits per heavy atom. The Labute approximate surface area is 86.5 Å². The van der Waals surface area contributed by atoms with E-state index in [1.54, 1.807) is 13.3 Å². The topological polar surface area (TPSA) is 48.1 Å². The zero-order valence-corrected chi connectivity index (χ0v) is 8.38. The monoisotopic (exact) mass is 208 g/mol. The average molecular weight is 209 g/mol. The SMILES string of the molecule is COc1ccc2ncc(N)c(Cl)c2c1. The highest BCUT2D eigenvalue weighted by atomic mass is 35.5. The molecule has 0 bridgehead atoms. The maximum Gasteiger partial charge on any atom is 0.119 e. The molecule has 1 aromatic carbocycles. The van der Waals surface area contributed by atoms with Crippen LogP contribution in [0.4, 0.5) is 5.69 Å². The minimum Gasteiger partial charge on any atom is -0.497 e. The number of ether oxygens (including phenoxy) is 1. The van der Waals surface area contributed by atoms with Crippen molar-refractivity contribution in [3.05, 3.63) is 29.4 Å². The lowest BCUT2D eigenvalue weighted by atomic mass is 10.2. The molecule has 2 rings (SSSR count). The lowest BCUT2D eigenvalue weighted by Gasteiger charge is -2.04. The number of methoxy groups -OCH3 is 1. The van der Waals surface area contributed by atoms with Crippen LogP contribution in [0.5, 0.6) is 5.75 Å². The summed E-state index contributed by atoms with van der Waals surface area (Å²) in [5, 5.41) is 1.33. The number of nitrogen functional groups attached to an aromatic ring is 1. The molecule has 3 nitrogen and oxygen atoms in total. The van der Waals surface area contributed by atoms with E-state index in [0.717, 1.165) is 16.7 Å². The number of halogens is 1. The van der Waals surface area contributed by atoms with Gasteiger partial charge in [-0.2, -0.15) is 0 Å². The molecule has 0 radical (unpaired) electrons. The van der Waals surface area contributed by atoms with E-state index in [0.29, 0.717) is 10.7 Å². The smallest absolute Gasteiger partial charge is 0.119 e. The number of nitrogens with zero attached hydrogens (tertiary/aromatic N) is 1. The van der Waals surface area contributed by atoms with Crippen LogP contribution in [-0.2, 0) is 0 Å². The van der Waals surface area contributed by atoms with Gasteiger partial charge in [0.1, 0.15) is 5.75 Å². The number of hydrogen-bond donors (Lipinski definition) is 1. The molecule has 0 atom stereocenters. The van der Waals surface area contributed by atoms with E-state index in [4.69, 9.17) is 22.1 Å². The zero-order chi connectivity index (χ0) is 10.1. The van der Waals surface area contributed by atoms with Crippen molar-refractivity contribution in [2.45, 2.75) is 0 Å². The molecule has 0 aliphatic carbocycles. The van der Waals surface area contributed by atoms with Crippen LogP contribution in [0, 0.1) is 0 Å². The molecule has 1 heterocycles. The third kappa shape index (κ3) is 1.36. The third-order valence-corrected chi connectivity index (χ3v) is 2.46. The van der Waals surface area contributed by atoms with Crippen LogP contribution in [0.25, 0.3) is 10.9 Å². The molecule has 0 saturated carbocycles. The van der Waals surface area contributed by atoms with E-state index in [1.807, 2.05) is 18.2 Å². The van der Waals surface area contributed by atoms with Crippen LogP contribution < -0.4 is 10.5 Å². The summed E-state index contributed by atoms with van der Waals surface area (Å²) in [6.07, 6.45) is 1.55. The standard InChI is InChI=1S/C10H9ClN2O/c1-14-6-2-3-9-7(4-6)10(11)8(12)5-13-9/h2-5H,12H2,1H3. The quantitative estimate of drug-likeness (QED) is 0.783. The van der Waals surface area contributed by atoms with Crippen LogP contribution in [0.3, 0.4) is 0 Å².